The molecule has 2 aromatic heterocycles. The van der Waals surface area contributed by atoms with Crippen molar-refractivity contribution in [1.82, 2.24) is 14.7 Å². The van der Waals surface area contributed by atoms with Crippen LogP contribution in [0.4, 0.5) is 5.69 Å². The maximum absolute atomic E-state index is 12.3. The van der Waals surface area contributed by atoms with Gasteiger partial charge in [-0.2, -0.15) is 5.10 Å². The van der Waals surface area contributed by atoms with Crippen molar-refractivity contribution in [2.75, 3.05) is 6.54 Å². The van der Waals surface area contributed by atoms with E-state index in [4.69, 9.17) is 0 Å². The summed E-state index contributed by atoms with van der Waals surface area (Å²) in [6.45, 7) is 2.70. The van der Waals surface area contributed by atoms with Crippen LogP contribution in [0, 0.1) is 10.1 Å². The Hall–Kier alpha value is -2.55. The van der Waals surface area contributed by atoms with E-state index in [1.807, 2.05) is 6.07 Å². The van der Waals surface area contributed by atoms with E-state index in [-0.39, 0.29) is 23.9 Å². The smallest absolute Gasteiger partial charge is 0.307 e. The first-order valence-corrected chi connectivity index (χ1v) is 7.83. The fraction of sp³-hybridized carbons (Fsp3) is 0.357. The molecule has 1 aliphatic heterocycles. The molecule has 1 amide bonds. The van der Waals surface area contributed by atoms with Crippen molar-refractivity contribution < 1.29 is 14.5 Å². The summed E-state index contributed by atoms with van der Waals surface area (Å²) in [4.78, 5) is 37.3. The van der Waals surface area contributed by atoms with Crippen LogP contribution in [0.5, 0.6) is 0 Å². The van der Waals surface area contributed by atoms with E-state index >= 15 is 0 Å². The Labute approximate surface area is 135 Å². The second kappa shape index (κ2) is 5.92. The van der Waals surface area contributed by atoms with Gasteiger partial charge < -0.3 is 4.90 Å². The minimum Gasteiger partial charge on any atom is -0.338 e. The number of hydrogen-bond acceptors (Lipinski definition) is 6. The maximum Gasteiger partial charge on any atom is 0.307 e. The molecule has 0 bridgehead atoms. The second-order valence-corrected chi connectivity index (χ2v) is 6.46. The highest BCUT2D eigenvalue weighted by Gasteiger charge is 2.23. The number of hydrogen-bond donors (Lipinski definition) is 0. The zero-order chi connectivity index (χ0) is 16.6. The summed E-state index contributed by atoms with van der Waals surface area (Å²) < 4.78 is 1.26. The third kappa shape index (κ3) is 3.14. The summed E-state index contributed by atoms with van der Waals surface area (Å²) in [6, 6.07) is 1.81. The Kier molecular flexibility index (Phi) is 3.95. The predicted molar refractivity (Wildman–Crippen MR) is 82.3 cm³/mol. The van der Waals surface area contributed by atoms with E-state index in [1.165, 1.54) is 29.1 Å². The van der Waals surface area contributed by atoms with Crippen LogP contribution in [0.25, 0.3) is 0 Å². The van der Waals surface area contributed by atoms with E-state index < -0.39 is 4.92 Å². The molecule has 0 saturated carbocycles. The predicted octanol–water partition coefficient (Wildman–Crippen LogP) is 1.64. The molecule has 0 unspecified atom stereocenters. The molecule has 0 spiro atoms. The number of ketones is 1. The van der Waals surface area contributed by atoms with E-state index in [0.717, 1.165) is 23.1 Å². The fourth-order valence-corrected chi connectivity index (χ4v) is 3.59. The first kappa shape index (κ1) is 15.3. The van der Waals surface area contributed by atoms with Gasteiger partial charge in [0.25, 0.3) is 0 Å². The molecule has 3 rings (SSSR count). The summed E-state index contributed by atoms with van der Waals surface area (Å²) in [5.74, 6) is -0.115. The van der Waals surface area contributed by atoms with Gasteiger partial charge in [0.05, 0.1) is 9.80 Å². The monoisotopic (exact) mass is 334 g/mol. The van der Waals surface area contributed by atoms with Crippen LogP contribution in [0.15, 0.2) is 18.5 Å². The Bertz CT molecular complexity index is 795. The number of Topliss-reactive ketones (excluding diaryl/α,β-unsaturated/α-hetero) is 1. The zero-order valence-electron chi connectivity index (χ0n) is 12.4. The summed E-state index contributed by atoms with van der Waals surface area (Å²) in [5, 5.41) is 14.5. The molecule has 0 aromatic carbocycles. The van der Waals surface area contributed by atoms with Gasteiger partial charge in [-0.15, -0.1) is 11.3 Å². The lowest BCUT2D eigenvalue weighted by Crippen LogP contribution is -2.33. The van der Waals surface area contributed by atoms with Crippen LogP contribution < -0.4 is 0 Å². The van der Waals surface area contributed by atoms with Crippen LogP contribution in [0.1, 0.15) is 27.0 Å². The molecule has 120 valence electrons. The first-order valence-electron chi connectivity index (χ1n) is 7.01. The minimum atomic E-state index is -0.547. The molecule has 1 aliphatic rings. The number of aromatic nitrogens is 2. The van der Waals surface area contributed by atoms with E-state index in [0.29, 0.717) is 18.0 Å². The van der Waals surface area contributed by atoms with Crippen molar-refractivity contribution in [3.63, 3.8) is 0 Å². The number of nitro groups is 1. The maximum atomic E-state index is 12.3. The van der Waals surface area contributed by atoms with Gasteiger partial charge in [0.1, 0.15) is 18.9 Å². The van der Waals surface area contributed by atoms with Crippen LogP contribution in [-0.4, -0.2) is 37.8 Å². The molecule has 0 N–H and O–H groups in total. The van der Waals surface area contributed by atoms with Crippen molar-refractivity contribution in [3.8, 4) is 0 Å². The number of fused-ring (bicyclic) bond motifs is 1. The van der Waals surface area contributed by atoms with Gasteiger partial charge in [-0.3, -0.25) is 24.4 Å². The Morgan fingerprint density at radius 3 is 2.91 bits per heavy atom. The molecule has 0 aliphatic carbocycles. The lowest BCUT2D eigenvalue weighted by molar-refractivity contribution is -0.385. The van der Waals surface area contributed by atoms with Crippen LogP contribution >= 0.6 is 11.3 Å². The molecule has 0 atom stereocenters. The highest BCUT2D eigenvalue weighted by atomic mass is 32.1. The summed E-state index contributed by atoms with van der Waals surface area (Å²) in [7, 11) is 0. The Balaban J connectivity index is 1.73. The van der Waals surface area contributed by atoms with Crippen LogP contribution in [0.2, 0.25) is 0 Å². The van der Waals surface area contributed by atoms with Crippen molar-refractivity contribution in [2.45, 2.75) is 26.4 Å². The molecule has 0 radical (unpaired) electrons. The third-order valence-corrected chi connectivity index (χ3v) is 5.00. The SMILES string of the molecule is CC(=O)N1CCc2sc(C(=O)Cn3cc([N+](=O)[O-])cn3)cc2C1. The average molecular weight is 334 g/mol. The van der Waals surface area contributed by atoms with Crippen molar-refractivity contribution in [3.05, 3.63) is 43.9 Å². The third-order valence-electron chi connectivity index (χ3n) is 3.72. The summed E-state index contributed by atoms with van der Waals surface area (Å²) in [6.07, 6.45) is 3.11. The topological polar surface area (TPSA) is 98.3 Å². The van der Waals surface area contributed by atoms with Crippen LogP contribution in [-0.2, 0) is 24.3 Å². The summed E-state index contributed by atoms with van der Waals surface area (Å²) >= 11 is 1.43. The number of rotatable bonds is 4. The van der Waals surface area contributed by atoms with Crippen molar-refractivity contribution >= 4 is 28.7 Å². The average Bonchev–Trinajstić information content (AvgIpc) is 3.12. The molecule has 2 aromatic rings. The molecule has 3 heterocycles. The van der Waals surface area contributed by atoms with Gasteiger partial charge >= 0.3 is 5.69 Å². The number of carbonyl (C=O) groups is 2. The normalized spacial score (nSPS) is 13.7. The summed E-state index contributed by atoms with van der Waals surface area (Å²) in [5.41, 5.74) is 0.867. The molecule has 0 fully saturated rings. The number of thiophene rings is 1. The molecule has 8 nitrogen and oxygen atoms in total. The van der Waals surface area contributed by atoms with Gasteiger partial charge in [0.2, 0.25) is 5.91 Å². The fourth-order valence-electron chi connectivity index (χ4n) is 2.50. The largest absolute Gasteiger partial charge is 0.338 e. The van der Waals surface area contributed by atoms with Gasteiger partial charge in [0, 0.05) is 24.9 Å². The molecule has 23 heavy (non-hydrogen) atoms. The van der Waals surface area contributed by atoms with Crippen molar-refractivity contribution in [2.24, 2.45) is 0 Å². The van der Waals surface area contributed by atoms with Gasteiger partial charge in [-0.05, 0) is 18.1 Å². The first-order chi connectivity index (χ1) is 10.9. The Morgan fingerprint density at radius 1 is 1.48 bits per heavy atom. The molecular formula is C14H14N4O4S. The van der Waals surface area contributed by atoms with E-state index in [1.54, 1.807) is 4.90 Å². The highest BCUT2D eigenvalue weighted by molar-refractivity contribution is 7.14. The van der Waals surface area contributed by atoms with Gasteiger partial charge in [0.15, 0.2) is 5.78 Å². The lowest BCUT2D eigenvalue weighted by Gasteiger charge is -2.25. The molecular weight excluding hydrogens is 320 g/mol. The number of amides is 1. The standard InChI is InChI=1S/C14H14N4O4S/c1-9(19)16-3-2-13-10(6-16)4-14(23-13)12(20)8-17-7-11(5-15-17)18(21)22/h4-5,7H,2-3,6,8H2,1H3. The number of carbonyl (C=O) groups excluding carboxylic acids is 2. The minimum absolute atomic E-state index is 0.0265. The zero-order valence-corrected chi connectivity index (χ0v) is 13.2. The quantitative estimate of drug-likeness (QED) is 0.481. The van der Waals surface area contributed by atoms with Crippen molar-refractivity contribution in [1.29, 1.82) is 0 Å². The van der Waals surface area contributed by atoms with E-state index in [2.05, 4.69) is 5.10 Å². The lowest BCUT2D eigenvalue weighted by atomic mass is 10.1. The Morgan fingerprint density at radius 2 is 2.26 bits per heavy atom. The van der Waals surface area contributed by atoms with Gasteiger partial charge in [-0.1, -0.05) is 0 Å². The molecule has 0 saturated heterocycles. The molecule has 9 heteroatoms. The van der Waals surface area contributed by atoms with Crippen LogP contribution in [0.3, 0.4) is 0 Å². The van der Waals surface area contributed by atoms with E-state index in [9.17, 15) is 19.7 Å². The number of nitrogens with zero attached hydrogens (tertiary/aromatic N) is 4. The highest BCUT2D eigenvalue weighted by Crippen LogP contribution is 2.28. The second-order valence-electron chi connectivity index (χ2n) is 5.33. The van der Waals surface area contributed by atoms with Gasteiger partial charge in [-0.25, -0.2) is 0 Å².